The lowest BCUT2D eigenvalue weighted by Gasteiger charge is -2.21. The summed E-state index contributed by atoms with van der Waals surface area (Å²) >= 11 is 12.3. The van der Waals surface area contributed by atoms with Gasteiger partial charge < -0.3 is 33.2 Å². The maximum absolute atomic E-state index is 14.0. The van der Waals surface area contributed by atoms with Gasteiger partial charge in [-0.1, -0.05) is 314 Å². The molecule has 0 unspecified atom stereocenters. The van der Waals surface area contributed by atoms with Gasteiger partial charge in [-0.05, 0) is 205 Å². The molecule has 7 aromatic rings. The molecule has 0 saturated carbocycles. The van der Waals surface area contributed by atoms with Crippen LogP contribution < -0.4 is 33.2 Å². The predicted molar refractivity (Wildman–Crippen MR) is 576 cm³/mol. The van der Waals surface area contributed by atoms with Crippen LogP contribution in [-0.4, -0.2) is 102 Å². The van der Waals surface area contributed by atoms with Crippen LogP contribution in [0.3, 0.4) is 0 Å². The number of carbonyl (C=O) groups excluding carboxylic acids is 7. The van der Waals surface area contributed by atoms with E-state index in [-0.39, 0.29) is 89.6 Å². The van der Waals surface area contributed by atoms with Crippen molar-refractivity contribution in [1.29, 1.82) is 0 Å². The average Bonchev–Trinajstić information content (AvgIpc) is 0.816. The number of Topliss-reactive ketones (excluding diaryl/α,β-unsaturated/α-hetero) is 7. The van der Waals surface area contributed by atoms with Crippen molar-refractivity contribution in [3.63, 3.8) is 0 Å². The van der Waals surface area contributed by atoms with Crippen LogP contribution in [0, 0.1) is 87.4 Å². The van der Waals surface area contributed by atoms with Gasteiger partial charge in [-0.15, -0.1) is 0 Å². The third-order valence-electron chi connectivity index (χ3n) is 21.0. The minimum atomic E-state index is -0.513. The topological polar surface area (TPSA) is 223 Å². The van der Waals surface area contributed by atoms with Crippen LogP contribution >= 0.6 is 23.2 Å². The van der Waals surface area contributed by atoms with Crippen LogP contribution in [0.25, 0.3) is 0 Å². The van der Waals surface area contributed by atoms with Gasteiger partial charge in [0.1, 0.15) is 17.2 Å². The van der Waals surface area contributed by atoms with E-state index in [0.29, 0.717) is 112 Å². The molecular formula is C119H181Cl2F2N3O14. The van der Waals surface area contributed by atoms with Gasteiger partial charge in [0, 0.05) is 78.7 Å². The van der Waals surface area contributed by atoms with Crippen molar-refractivity contribution in [2.24, 2.45) is 75.8 Å². The van der Waals surface area contributed by atoms with Gasteiger partial charge in [-0.25, -0.2) is 18.7 Å². The molecule has 784 valence electrons. The molecule has 0 aliphatic rings. The molecule has 3 aromatic heterocycles. The summed E-state index contributed by atoms with van der Waals surface area (Å²) in [5, 5.41) is 0.745. The predicted octanol–water partition coefficient (Wildman–Crippen LogP) is 34.1. The second kappa shape index (κ2) is 55.2. The maximum atomic E-state index is 14.0. The van der Waals surface area contributed by atoms with Crippen LogP contribution in [0.15, 0.2) is 128 Å². The second-order valence-electron chi connectivity index (χ2n) is 51.9. The number of rotatable bonds is 31. The van der Waals surface area contributed by atoms with Gasteiger partial charge in [0.2, 0.25) is 5.88 Å². The zero-order valence-corrected chi connectivity index (χ0v) is 95.7. The van der Waals surface area contributed by atoms with E-state index in [4.69, 9.17) is 56.4 Å². The summed E-state index contributed by atoms with van der Waals surface area (Å²) in [6.45, 7) is 89.1. The lowest BCUT2D eigenvalue weighted by atomic mass is 9.86. The molecule has 0 atom stereocenters. The first-order valence-electron chi connectivity index (χ1n) is 49.6. The fraction of sp³-hybridized carbons (Fsp3) is 0.613. The molecule has 0 aliphatic heterocycles. The molecule has 3 heterocycles. The van der Waals surface area contributed by atoms with Crippen molar-refractivity contribution >= 4 is 63.7 Å². The Labute approximate surface area is 855 Å². The molecule has 0 aliphatic carbocycles. The molecule has 0 amide bonds. The molecule has 17 nitrogen and oxygen atoms in total. The van der Waals surface area contributed by atoms with Crippen molar-refractivity contribution in [2.75, 3.05) is 46.2 Å². The smallest absolute Gasteiger partial charge is 0.224 e. The molecule has 0 N–H and O–H groups in total. The zero-order valence-electron chi connectivity index (χ0n) is 94.2. The molecule has 7 rings (SSSR count). The van der Waals surface area contributed by atoms with E-state index < -0.39 is 44.1 Å². The number of hydrogen-bond acceptors (Lipinski definition) is 17. The Kier molecular flexibility index (Phi) is 50.9. The highest BCUT2D eigenvalue weighted by Gasteiger charge is 2.33. The summed E-state index contributed by atoms with van der Waals surface area (Å²) in [5.41, 5.74) is 2.45. The van der Waals surface area contributed by atoms with Gasteiger partial charge in [-0.3, -0.25) is 38.5 Å². The molecule has 0 fully saturated rings. The lowest BCUT2D eigenvalue weighted by molar-refractivity contribution is 0.0846. The summed E-state index contributed by atoms with van der Waals surface area (Å²) in [7, 11) is 0. The fourth-order valence-electron chi connectivity index (χ4n) is 12.2. The first kappa shape index (κ1) is 129. The number of ketones is 7. The molecule has 21 heteroatoms. The SMILES string of the molecule is CC(C)(C)CCCOc1ccc(C(=O)C(C)(C)C)cc1.CC(C)(C)CCCOc1ccc(C(=O)C(C)(C)C)cc1Cl.CC(C)(C)CCCOc1ccc(C(=O)C(C)(C)C)cc1F.CC(C)(C)CCOc1c(C(=O)C(C)(C)C)ccnc1Cl.CC(C)(C)CCOc1ccc(C(=O)C(C)(C)C)cc1F.CC(C)(C)CCOc1cnccc1C(=O)C(C)(C)C.CC(C)(C)CCOc1ncccc1C(=O)C(C)(C)C. The fourth-order valence-corrected chi connectivity index (χ4v) is 12.7. The van der Waals surface area contributed by atoms with Crippen molar-refractivity contribution in [1.82, 2.24) is 15.0 Å². The minimum absolute atomic E-state index is 0.00700. The van der Waals surface area contributed by atoms with E-state index in [1.54, 1.807) is 79.3 Å². The first-order valence-corrected chi connectivity index (χ1v) is 50.4. The molecule has 0 spiro atoms. The highest BCUT2D eigenvalue weighted by Crippen LogP contribution is 2.38. The Morgan fingerprint density at radius 3 is 0.936 bits per heavy atom. The van der Waals surface area contributed by atoms with Crippen LogP contribution in [0.1, 0.15) is 428 Å². The standard InChI is InChI=1S/C18H27ClO2.C18H27FO2.C18H28O2.C17H25FO2.C16H24ClNO2.2C16H25NO2/c2*1-17(2,3)10-7-11-21-15-9-8-13(12-14(15)19)16(20)18(4,5)6;1-17(2,3)12-7-13-20-15-10-8-14(9-11-15)16(19)18(4,5)6;1-16(2,3)9-10-20-14-8-7-12(11-13(14)18)15(19)17(4,5)6;1-15(2,3)8-10-20-12-11(7-9-18-14(12)17)13(19)16(4,5)6;1-15(2,3)8-10-19-13-11-17-9-7-12(13)14(18)16(4,5)6;1-15(2,3)9-11-19-14-12(8-7-10-17-14)13(18)16(4,5)6/h2*8-9,12H,7,10-11H2,1-6H3;8-11H,7,12-13H2,1-6H3;7-8,11H,9-10H2,1-6H3;7,9H,8,10H2,1-6H3;7,9,11H,8,10H2,1-6H3;7-8,10H,9,11H2,1-6H3. The van der Waals surface area contributed by atoms with Crippen LogP contribution in [-0.2, 0) is 0 Å². The van der Waals surface area contributed by atoms with Crippen LogP contribution in [0.4, 0.5) is 8.78 Å². The summed E-state index contributed by atoms with van der Waals surface area (Å²) in [4.78, 5) is 97.8. The molecule has 0 bridgehead atoms. The van der Waals surface area contributed by atoms with Crippen molar-refractivity contribution in [3.05, 3.63) is 189 Å². The highest BCUT2D eigenvalue weighted by molar-refractivity contribution is 6.32. The molecule has 0 saturated heterocycles. The van der Waals surface area contributed by atoms with Gasteiger partial charge in [0.05, 0.1) is 74.2 Å². The highest BCUT2D eigenvalue weighted by atomic mass is 35.5. The number of carbonyl (C=O) groups is 7. The summed E-state index contributed by atoms with van der Waals surface area (Å²) in [5.74, 6) is 2.67. The van der Waals surface area contributed by atoms with Crippen molar-refractivity contribution in [3.8, 4) is 40.4 Å². The Morgan fingerprint density at radius 2 is 0.571 bits per heavy atom. The van der Waals surface area contributed by atoms with Crippen LogP contribution in [0.5, 0.6) is 40.4 Å². The Bertz CT molecular complexity index is 4850. The van der Waals surface area contributed by atoms with Gasteiger partial charge >= 0.3 is 0 Å². The first-order chi connectivity index (χ1) is 63.4. The van der Waals surface area contributed by atoms with E-state index >= 15 is 0 Å². The summed E-state index contributed by atoms with van der Waals surface area (Å²) in [6, 6.07) is 28.6. The molecular weight excluding hydrogens is 1800 g/mol. The van der Waals surface area contributed by atoms with E-state index in [1.807, 2.05) is 170 Å². The monoisotopic (exact) mass is 1980 g/mol. The molecule has 140 heavy (non-hydrogen) atoms. The Morgan fingerprint density at radius 1 is 0.271 bits per heavy atom. The summed E-state index contributed by atoms with van der Waals surface area (Å²) in [6.07, 6.45) is 16.2. The number of pyridine rings is 3. The third-order valence-corrected chi connectivity index (χ3v) is 21.6. The van der Waals surface area contributed by atoms with Gasteiger partial charge in [0.15, 0.2) is 74.5 Å². The maximum Gasteiger partial charge on any atom is 0.224 e. The van der Waals surface area contributed by atoms with E-state index in [9.17, 15) is 42.3 Å². The average molecular weight is 1990 g/mol. The quantitative estimate of drug-likeness (QED) is 0.0224. The van der Waals surface area contributed by atoms with E-state index in [0.717, 1.165) is 82.1 Å². The molecule has 4 aromatic carbocycles. The Hall–Kier alpha value is -8.94. The number of ether oxygens (including phenoxy) is 7. The zero-order chi connectivity index (χ0) is 108. The summed E-state index contributed by atoms with van der Waals surface area (Å²) < 4.78 is 67.4. The normalized spacial score (nSPS) is 12.3. The number of benzene rings is 4. The number of aromatic nitrogens is 3. The number of nitrogens with zero attached hydrogens (tertiary/aromatic N) is 3. The minimum Gasteiger partial charge on any atom is -0.494 e. The number of halogens is 4. The van der Waals surface area contributed by atoms with Gasteiger partial charge in [-0.2, -0.15) is 0 Å². The van der Waals surface area contributed by atoms with Crippen molar-refractivity contribution in [2.45, 2.75) is 355 Å². The van der Waals surface area contributed by atoms with Crippen LogP contribution in [0.2, 0.25) is 10.2 Å². The van der Waals surface area contributed by atoms with E-state index in [1.165, 1.54) is 24.4 Å². The third kappa shape index (κ3) is 54.0. The van der Waals surface area contributed by atoms with E-state index in [2.05, 4.69) is 160 Å². The second-order valence-corrected chi connectivity index (χ2v) is 52.7. The Balaban J connectivity index is 0.000000817. The van der Waals surface area contributed by atoms with Gasteiger partial charge in [0.25, 0.3) is 0 Å². The largest absolute Gasteiger partial charge is 0.494 e. The van der Waals surface area contributed by atoms with Crippen molar-refractivity contribution < 1.29 is 75.5 Å². The number of hydrogen-bond donors (Lipinski definition) is 0. The lowest BCUT2D eigenvalue weighted by Crippen LogP contribution is -2.22. The molecule has 0 radical (unpaired) electrons.